The van der Waals surface area contributed by atoms with Crippen LogP contribution in [-0.2, 0) is 4.79 Å². The van der Waals surface area contributed by atoms with Gasteiger partial charge >= 0.3 is 0 Å². The second-order valence-electron chi connectivity index (χ2n) is 5.26. The fraction of sp³-hybridized carbons (Fsp3) is 0.294. The van der Waals surface area contributed by atoms with E-state index in [1.54, 1.807) is 6.08 Å². The van der Waals surface area contributed by atoms with Crippen LogP contribution in [0.25, 0.3) is 6.08 Å². The predicted molar refractivity (Wildman–Crippen MR) is 89.4 cm³/mol. The molecule has 0 N–H and O–H groups in total. The maximum absolute atomic E-state index is 12.1. The number of hydrogen-bond donors (Lipinski definition) is 0. The molecule has 2 fully saturated rings. The number of imide groups is 1. The largest absolute Gasteiger partial charge is 0.372 e. The van der Waals surface area contributed by atoms with Gasteiger partial charge in [0.15, 0.2) is 0 Å². The van der Waals surface area contributed by atoms with E-state index >= 15 is 0 Å². The minimum Gasteiger partial charge on any atom is -0.372 e. The zero-order valence-electron chi connectivity index (χ0n) is 12.1. The monoisotopic (exact) mass is 312 g/mol. The number of anilines is 1. The van der Waals surface area contributed by atoms with E-state index in [1.807, 2.05) is 12.1 Å². The van der Waals surface area contributed by atoms with Crippen LogP contribution in [0.1, 0.15) is 18.4 Å². The summed E-state index contributed by atoms with van der Waals surface area (Å²) in [5.41, 5.74) is 2.12. The molecule has 2 aliphatic heterocycles. The summed E-state index contributed by atoms with van der Waals surface area (Å²) in [7, 11) is 0. The number of terminal acetylenes is 1. The number of thioether (sulfide) groups is 1. The van der Waals surface area contributed by atoms with Gasteiger partial charge in [-0.3, -0.25) is 14.5 Å². The number of carbonyl (C=O) groups is 2. The van der Waals surface area contributed by atoms with Crippen LogP contribution in [0.5, 0.6) is 0 Å². The van der Waals surface area contributed by atoms with Crippen molar-refractivity contribution in [1.29, 1.82) is 0 Å². The van der Waals surface area contributed by atoms with Crippen molar-refractivity contribution in [3.63, 3.8) is 0 Å². The third-order valence-electron chi connectivity index (χ3n) is 3.79. The van der Waals surface area contributed by atoms with E-state index in [0.29, 0.717) is 4.91 Å². The van der Waals surface area contributed by atoms with E-state index in [-0.39, 0.29) is 17.7 Å². The van der Waals surface area contributed by atoms with Gasteiger partial charge in [0.2, 0.25) is 0 Å². The van der Waals surface area contributed by atoms with Gasteiger partial charge in [-0.25, -0.2) is 0 Å². The van der Waals surface area contributed by atoms with Gasteiger partial charge in [-0.1, -0.05) is 18.1 Å². The molecular weight excluding hydrogens is 296 g/mol. The molecule has 2 aliphatic rings. The molecule has 0 atom stereocenters. The minimum atomic E-state index is -0.309. The molecule has 3 rings (SSSR count). The number of rotatable bonds is 3. The molecule has 4 nitrogen and oxygen atoms in total. The first-order valence-electron chi connectivity index (χ1n) is 7.23. The van der Waals surface area contributed by atoms with Crippen molar-refractivity contribution in [2.45, 2.75) is 12.8 Å². The molecule has 112 valence electrons. The summed E-state index contributed by atoms with van der Waals surface area (Å²) in [6.07, 6.45) is 9.40. The lowest BCUT2D eigenvalue weighted by atomic mass is 10.2. The molecule has 0 aromatic heterocycles. The first-order valence-corrected chi connectivity index (χ1v) is 8.04. The summed E-state index contributed by atoms with van der Waals surface area (Å²) in [5, 5.41) is -0.303. The summed E-state index contributed by atoms with van der Waals surface area (Å²) in [4.78, 5) is 27.7. The van der Waals surface area contributed by atoms with E-state index < -0.39 is 0 Å². The van der Waals surface area contributed by atoms with Crippen molar-refractivity contribution in [2.24, 2.45) is 0 Å². The Balaban J connectivity index is 1.76. The molecule has 0 saturated carbocycles. The number of amides is 2. The second-order valence-corrected chi connectivity index (χ2v) is 6.25. The first kappa shape index (κ1) is 14.7. The van der Waals surface area contributed by atoms with Crippen molar-refractivity contribution in [3.05, 3.63) is 34.7 Å². The smallest absolute Gasteiger partial charge is 0.294 e. The van der Waals surface area contributed by atoms with Crippen LogP contribution in [0, 0.1) is 12.3 Å². The molecule has 0 radical (unpaired) electrons. The highest BCUT2D eigenvalue weighted by molar-refractivity contribution is 8.18. The summed E-state index contributed by atoms with van der Waals surface area (Å²) in [6, 6.07) is 8.07. The summed E-state index contributed by atoms with van der Waals surface area (Å²) < 4.78 is 0. The average Bonchev–Trinajstić information content (AvgIpc) is 3.13. The maximum atomic E-state index is 12.1. The van der Waals surface area contributed by atoms with Gasteiger partial charge in [-0.2, -0.15) is 0 Å². The van der Waals surface area contributed by atoms with Crippen LogP contribution in [-0.4, -0.2) is 35.7 Å². The fourth-order valence-corrected chi connectivity index (χ4v) is 3.47. The Labute approximate surface area is 134 Å². The number of hydrogen-bond acceptors (Lipinski definition) is 4. The normalized spacial score (nSPS) is 20.0. The van der Waals surface area contributed by atoms with E-state index in [0.717, 1.165) is 35.3 Å². The summed E-state index contributed by atoms with van der Waals surface area (Å²) in [6.45, 7) is 2.23. The van der Waals surface area contributed by atoms with E-state index in [2.05, 4.69) is 23.0 Å². The first-order chi connectivity index (χ1) is 10.7. The highest BCUT2D eigenvalue weighted by Crippen LogP contribution is 2.32. The van der Waals surface area contributed by atoms with Gasteiger partial charge in [0.05, 0.1) is 11.4 Å². The van der Waals surface area contributed by atoms with Crippen molar-refractivity contribution in [3.8, 4) is 12.3 Å². The zero-order valence-corrected chi connectivity index (χ0v) is 12.9. The minimum absolute atomic E-state index is 0.0237. The quantitative estimate of drug-likeness (QED) is 0.635. The molecule has 2 saturated heterocycles. The van der Waals surface area contributed by atoms with Crippen LogP contribution in [0.2, 0.25) is 0 Å². The lowest BCUT2D eigenvalue weighted by molar-refractivity contribution is -0.122. The number of benzene rings is 1. The van der Waals surface area contributed by atoms with Gasteiger partial charge in [-0.15, -0.1) is 6.42 Å². The lowest BCUT2D eigenvalue weighted by Crippen LogP contribution is -2.28. The van der Waals surface area contributed by atoms with Crippen molar-refractivity contribution in [1.82, 2.24) is 4.90 Å². The molecule has 0 spiro atoms. The van der Waals surface area contributed by atoms with E-state index in [4.69, 9.17) is 6.42 Å². The Morgan fingerprint density at radius 1 is 1.18 bits per heavy atom. The van der Waals surface area contributed by atoms with Crippen LogP contribution < -0.4 is 4.90 Å². The second kappa shape index (κ2) is 6.29. The van der Waals surface area contributed by atoms with Gasteiger partial charge in [0, 0.05) is 18.8 Å². The molecule has 0 bridgehead atoms. The van der Waals surface area contributed by atoms with Gasteiger partial charge in [0.1, 0.15) is 0 Å². The maximum Gasteiger partial charge on any atom is 0.294 e. The Hall–Kier alpha value is -2.19. The third-order valence-corrected chi connectivity index (χ3v) is 4.69. The molecule has 0 aliphatic carbocycles. The molecule has 22 heavy (non-hydrogen) atoms. The molecule has 1 aromatic carbocycles. The predicted octanol–water partition coefficient (Wildman–Crippen LogP) is 2.96. The Morgan fingerprint density at radius 3 is 2.50 bits per heavy atom. The standard InChI is InChI=1S/C17H16N2O2S/c1-2-9-19-16(20)15(22-17(19)21)12-13-5-7-14(8-6-13)18-10-3-4-11-18/h1,5-8,12H,3-4,9-11H2. The Kier molecular flexibility index (Phi) is 4.21. The highest BCUT2D eigenvalue weighted by atomic mass is 32.2. The lowest BCUT2D eigenvalue weighted by Gasteiger charge is -2.17. The Bertz CT molecular complexity index is 667. The fourth-order valence-electron chi connectivity index (χ4n) is 2.64. The molecule has 2 amide bonds. The molecule has 5 heteroatoms. The Morgan fingerprint density at radius 2 is 1.86 bits per heavy atom. The number of nitrogens with zero attached hydrogens (tertiary/aromatic N) is 2. The molecule has 2 heterocycles. The summed E-state index contributed by atoms with van der Waals surface area (Å²) >= 11 is 0.939. The van der Waals surface area contributed by atoms with Crippen molar-refractivity contribution < 1.29 is 9.59 Å². The zero-order chi connectivity index (χ0) is 15.5. The highest BCUT2D eigenvalue weighted by Gasteiger charge is 2.34. The van der Waals surface area contributed by atoms with E-state index in [9.17, 15) is 9.59 Å². The van der Waals surface area contributed by atoms with Crippen molar-refractivity contribution in [2.75, 3.05) is 24.5 Å². The van der Waals surface area contributed by atoms with Gasteiger partial charge in [-0.05, 0) is 48.4 Å². The van der Waals surface area contributed by atoms with Crippen LogP contribution in [0.4, 0.5) is 10.5 Å². The third kappa shape index (κ3) is 2.88. The van der Waals surface area contributed by atoms with Crippen LogP contribution in [0.3, 0.4) is 0 Å². The van der Waals surface area contributed by atoms with Gasteiger partial charge < -0.3 is 4.90 Å². The molecule has 1 aromatic rings. The molecular formula is C17H16N2O2S. The van der Waals surface area contributed by atoms with Gasteiger partial charge in [0.25, 0.3) is 11.1 Å². The van der Waals surface area contributed by atoms with Crippen LogP contribution in [0.15, 0.2) is 29.2 Å². The van der Waals surface area contributed by atoms with E-state index in [1.165, 1.54) is 18.5 Å². The average molecular weight is 312 g/mol. The topological polar surface area (TPSA) is 40.6 Å². The summed E-state index contributed by atoms with van der Waals surface area (Å²) in [5.74, 6) is 2.02. The van der Waals surface area contributed by atoms with Crippen molar-refractivity contribution >= 4 is 34.7 Å². The SMILES string of the molecule is C#CCN1C(=O)SC(=Cc2ccc(N3CCCC3)cc2)C1=O. The molecule has 0 unspecified atom stereocenters. The number of carbonyl (C=O) groups excluding carboxylic acids is 2. The van der Waals surface area contributed by atoms with Crippen LogP contribution >= 0.6 is 11.8 Å².